The van der Waals surface area contributed by atoms with E-state index in [1.54, 1.807) is 12.3 Å². The Hall–Kier alpha value is -1.33. The molecule has 0 aliphatic carbocycles. The summed E-state index contributed by atoms with van der Waals surface area (Å²) in [7, 11) is 0. The number of anilines is 1. The fourth-order valence-electron chi connectivity index (χ4n) is 2.60. The van der Waals surface area contributed by atoms with Crippen molar-refractivity contribution in [3.63, 3.8) is 0 Å². The molecule has 5 nitrogen and oxygen atoms in total. The van der Waals surface area contributed by atoms with E-state index in [1.807, 2.05) is 0 Å². The predicted molar refractivity (Wildman–Crippen MR) is 87.2 cm³/mol. The molecule has 2 heterocycles. The van der Waals surface area contributed by atoms with Crippen molar-refractivity contribution in [1.29, 1.82) is 0 Å². The van der Waals surface area contributed by atoms with Crippen molar-refractivity contribution < 1.29 is 0 Å². The van der Waals surface area contributed by atoms with Crippen LogP contribution in [0.4, 0.5) is 5.69 Å². The van der Waals surface area contributed by atoms with Crippen LogP contribution in [0.25, 0.3) is 0 Å². The maximum atomic E-state index is 12.1. The first-order valence-electron chi connectivity index (χ1n) is 7.52. The molecule has 1 aliphatic rings. The van der Waals surface area contributed by atoms with Crippen LogP contribution in [-0.2, 0) is 6.54 Å². The van der Waals surface area contributed by atoms with Gasteiger partial charge >= 0.3 is 0 Å². The molecule has 1 aromatic heterocycles. The van der Waals surface area contributed by atoms with Gasteiger partial charge in [-0.2, -0.15) is 5.10 Å². The van der Waals surface area contributed by atoms with E-state index < -0.39 is 0 Å². The fourth-order valence-corrected chi connectivity index (χ4v) is 2.87. The molecule has 0 amide bonds. The first-order valence-corrected chi connectivity index (χ1v) is 7.90. The third-order valence-electron chi connectivity index (χ3n) is 3.79. The van der Waals surface area contributed by atoms with Gasteiger partial charge in [0.25, 0.3) is 5.56 Å². The van der Waals surface area contributed by atoms with Crippen LogP contribution in [0.3, 0.4) is 0 Å². The van der Waals surface area contributed by atoms with E-state index in [-0.39, 0.29) is 10.6 Å². The monoisotopic (exact) mass is 310 g/mol. The van der Waals surface area contributed by atoms with Crippen molar-refractivity contribution >= 4 is 17.3 Å². The van der Waals surface area contributed by atoms with E-state index in [0.717, 1.165) is 44.6 Å². The molecule has 1 fully saturated rings. The van der Waals surface area contributed by atoms with Crippen LogP contribution in [0.5, 0.6) is 0 Å². The van der Waals surface area contributed by atoms with Gasteiger partial charge in [-0.3, -0.25) is 4.79 Å². The van der Waals surface area contributed by atoms with Crippen molar-refractivity contribution in [2.45, 2.75) is 38.8 Å². The summed E-state index contributed by atoms with van der Waals surface area (Å²) in [5.74, 6) is 0. The SMILES string of the molecule is C=CCn1ncc(N2CCC(NCCC)CC2)c(Cl)c1=O. The molecule has 0 bridgehead atoms. The summed E-state index contributed by atoms with van der Waals surface area (Å²) in [6.07, 6.45) is 6.60. The first kappa shape index (κ1) is 16.0. The summed E-state index contributed by atoms with van der Waals surface area (Å²) < 4.78 is 1.33. The minimum Gasteiger partial charge on any atom is -0.369 e. The standard InChI is InChI=1S/C15H23ClN4O/c1-3-7-17-12-5-9-19(10-6-12)13-11-18-20(8-4-2)15(21)14(13)16/h4,11-12,17H,2-3,5-10H2,1H3. The van der Waals surface area contributed by atoms with Gasteiger partial charge in [-0.15, -0.1) is 6.58 Å². The third-order valence-corrected chi connectivity index (χ3v) is 4.14. The van der Waals surface area contributed by atoms with Crippen molar-refractivity contribution in [2.24, 2.45) is 0 Å². The van der Waals surface area contributed by atoms with E-state index >= 15 is 0 Å². The van der Waals surface area contributed by atoms with Gasteiger partial charge in [-0.25, -0.2) is 4.68 Å². The molecule has 21 heavy (non-hydrogen) atoms. The van der Waals surface area contributed by atoms with E-state index in [2.05, 4.69) is 28.8 Å². The zero-order valence-electron chi connectivity index (χ0n) is 12.5. The number of nitrogens with zero attached hydrogens (tertiary/aromatic N) is 3. The van der Waals surface area contributed by atoms with Crippen molar-refractivity contribution in [1.82, 2.24) is 15.1 Å². The summed E-state index contributed by atoms with van der Waals surface area (Å²) in [6.45, 7) is 9.01. The zero-order valence-corrected chi connectivity index (χ0v) is 13.3. The number of halogens is 1. The van der Waals surface area contributed by atoms with Crippen LogP contribution in [0.1, 0.15) is 26.2 Å². The molecule has 1 aromatic rings. The molecular formula is C15H23ClN4O. The number of piperidine rings is 1. The molecule has 0 radical (unpaired) electrons. The van der Waals surface area contributed by atoms with Crippen LogP contribution in [0.2, 0.25) is 5.02 Å². The van der Waals surface area contributed by atoms with E-state index in [9.17, 15) is 4.79 Å². The van der Waals surface area contributed by atoms with Crippen LogP contribution in [-0.4, -0.2) is 35.5 Å². The summed E-state index contributed by atoms with van der Waals surface area (Å²) in [5.41, 5.74) is 0.496. The van der Waals surface area contributed by atoms with Crippen LogP contribution >= 0.6 is 11.6 Å². The van der Waals surface area contributed by atoms with E-state index in [0.29, 0.717) is 12.6 Å². The van der Waals surface area contributed by atoms with Gasteiger partial charge < -0.3 is 10.2 Å². The molecule has 0 atom stereocenters. The van der Waals surface area contributed by atoms with Crippen molar-refractivity contribution in [2.75, 3.05) is 24.5 Å². The molecule has 0 spiro atoms. The minimum atomic E-state index is -0.250. The average Bonchev–Trinajstić information content (AvgIpc) is 2.51. The Balaban J connectivity index is 2.05. The van der Waals surface area contributed by atoms with Crippen LogP contribution < -0.4 is 15.8 Å². The van der Waals surface area contributed by atoms with Crippen molar-refractivity contribution in [3.8, 4) is 0 Å². The molecular weight excluding hydrogens is 288 g/mol. The highest BCUT2D eigenvalue weighted by atomic mass is 35.5. The second kappa shape index (κ2) is 7.61. The number of aromatic nitrogens is 2. The Morgan fingerprint density at radius 3 is 2.86 bits per heavy atom. The summed E-state index contributed by atoms with van der Waals surface area (Å²) >= 11 is 6.22. The Bertz CT molecular complexity index is 535. The van der Waals surface area contributed by atoms with Gasteiger partial charge in [0.05, 0.1) is 18.4 Å². The second-order valence-electron chi connectivity index (χ2n) is 5.34. The summed E-state index contributed by atoms with van der Waals surface area (Å²) in [6, 6.07) is 0.564. The summed E-state index contributed by atoms with van der Waals surface area (Å²) in [5, 5.41) is 7.96. The Labute approximate surface area is 130 Å². The molecule has 1 N–H and O–H groups in total. The lowest BCUT2D eigenvalue weighted by Gasteiger charge is -2.34. The van der Waals surface area contributed by atoms with Gasteiger partial charge in [-0.1, -0.05) is 24.6 Å². The maximum absolute atomic E-state index is 12.1. The minimum absolute atomic E-state index is 0.250. The van der Waals surface area contributed by atoms with Gasteiger partial charge in [0.2, 0.25) is 0 Å². The van der Waals surface area contributed by atoms with Gasteiger partial charge in [-0.05, 0) is 25.8 Å². The van der Waals surface area contributed by atoms with Gasteiger partial charge in [0.15, 0.2) is 0 Å². The van der Waals surface area contributed by atoms with E-state index in [4.69, 9.17) is 11.6 Å². The number of allylic oxidation sites excluding steroid dienone is 1. The number of hydrogen-bond donors (Lipinski definition) is 1. The number of hydrogen-bond acceptors (Lipinski definition) is 4. The molecule has 1 saturated heterocycles. The maximum Gasteiger partial charge on any atom is 0.287 e. The molecule has 0 aromatic carbocycles. The van der Waals surface area contributed by atoms with Crippen molar-refractivity contribution in [3.05, 3.63) is 34.2 Å². The highest BCUT2D eigenvalue weighted by molar-refractivity contribution is 6.33. The summed E-state index contributed by atoms with van der Waals surface area (Å²) in [4.78, 5) is 14.3. The highest BCUT2D eigenvalue weighted by Crippen LogP contribution is 2.24. The Morgan fingerprint density at radius 2 is 2.24 bits per heavy atom. The third kappa shape index (κ3) is 3.86. The lowest BCUT2D eigenvalue weighted by atomic mass is 10.0. The first-order chi connectivity index (χ1) is 10.2. The molecule has 1 aliphatic heterocycles. The zero-order chi connectivity index (χ0) is 15.2. The molecule has 116 valence electrons. The number of nitrogens with one attached hydrogen (secondary N) is 1. The highest BCUT2D eigenvalue weighted by Gasteiger charge is 2.22. The Morgan fingerprint density at radius 1 is 1.52 bits per heavy atom. The lowest BCUT2D eigenvalue weighted by Crippen LogP contribution is -2.43. The predicted octanol–water partition coefficient (Wildman–Crippen LogP) is 2.05. The molecule has 2 rings (SSSR count). The average molecular weight is 311 g/mol. The van der Waals surface area contributed by atoms with Crippen LogP contribution in [0, 0.1) is 0 Å². The second-order valence-corrected chi connectivity index (χ2v) is 5.71. The van der Waals surface area contributed by atoms with Gasteiger partial charge in [0.1, 0.15) is 5.02 Å². The molecule has 0 unspecified atom stereocenters. The smallest absolute Gasteiger partial charge is 0.287 e. The fraction of sp³-hybridized carbons (Fsp3) is 0.600. The largest absolute Gasteiger partial charge is 0.369 e. The van der Waals surface area contributed by atoms with Crippen LogP contribution in [0.15, 0.2) is 23.6 Å². The molecule has 6 heteroatoms. The normalized spacial score (nSPS) is 16.2. The topological polar surface area (TPSA) is 50.2 Å². The number of rotatable bonds is 6. The van der Waals surface area contributed by atoms with E-state index in [1.165, 1.54) is 4.68 Å². The quantitative estimate of drug-likeness (QED) is 0.817. The molecule has 0 saturated carbocycles. The Kier molecular flexibility index (Phi) is 5.82. The van der Waals surface area contributed by atoms with Gasteiger partial charge in [0, 0.05) is 19.1 Å². The lowest BCUT2D eigenvalue weighted by molar-refractivity contribution is 0.415.